The molecule has 0 aliphatic heterocycles. The summed E-state index contributed by atoms with van der Waals surface area (Å²) in [5.41, 5.74) is 5.19. The van der Waals surface area contributed by atoms with E-state index in [-0.39, 0.29) is 12.3 Å². The summed E-state index contributed by atoms with van der Waals surface area (Å²) in [5.74, 6) is -1.05. The van der Waals surface area contributed by atoms with Crippen LogP contribution in [-0.2, 0) is 4.79 Å². The van der Waals surface area contributed by atoms with Gasteiger partial charge < -0.3 is 10.8 Å². The lowest BCUT2D eigenvalue weighted by molar-refractivity contribution is -0.139. The number of aliphatic carboxylic acids is 1. The molecule has 12 heavy (non-hydrogen) atoms. The first kappa shape index (κ1) is 9.45. The maximum Gasteiger partial charge on any atom is 0.320 e. The van der Waals surface area contributed by atoms with Gasteiger partial charge in [0.15, 0.2) is 0 Å². The third-order valence-corrected chi connectivity index (χ3v) is 2.46. The quantitative estimate of drug-likeness (QED) is 0.668. The minimum Gasteiger partial charge on any atom is -0.480 e. The first-order chi connectivity index (χ1) is 5.61. The molecule has 3 N–H and O–H groups in total. The number of halogens is 1. The zero-order valence-corrected chi connectivity index (χ0v) is 6.87. The summed E-state index contributed by atoms with van der Waals surface area (Å²) in [6, 6.07) is -1.04. The lowest BCUT2D eigenvalue weighted by Crippen LogP contribution is -2.36. The number of nitrogens with two attached hydrogens (primary N) is 1. The van der Waals surface area contributed by atoms with Crippen molar-refractivity contribution in [3.63, 3.8) is 0 Å². The van der Waals surface area contributed by atoms with E-state index < -0.39 is 18.2 Å². The molecule has 2 atom stereocenters. The number of carboxylic acid groups (broad SMARTS) is 1. The van der Waals surface area contributed by atoms with Gasteiger partial charge in [0, 0.05) is 6.42 Å². The lowest BCUT2D eigenvalue weighted by atomic mass is 9.80. The normalized spacial score (nSPS) is 22.8. The Morgan fingerprint density at radius 1 is 1.67 bits per heavy atom. The molecule has 1 saturated carbocycles. The predicted molar refractivity (Wildman–Crippen MR) is 42.5 cm³/mol. The molecule has 0 aromatic heterocycles. The average Bonchev–Trinajstić information content (AvgIpc) is 1.82. The van der Waals surface area contributed by atoms with Crippen LogP contribution in [0.25, 0.3) is 0 Å². The van der Waals surface area contributed by atoms with Crippen molar-refractivity contribution in [2.45, 2.75) is 37.9 Å². The lowest BCUT2D eigenvalue weighted by Gasteiger charge is -2.29. The molecule has 0 heterocycles. The monoisotopic (exact) mass is 175 g/mol. The van der Waals surface area contributed by atoms with Crippen LogP contribution in [0.3, 0.4) is 0 Å². The Kier molecular flexibility index (Phi) is 3.03. The van der Waals surface area contributed by atoms with E-state index in [2.05, 4.69) is 0 Å². The van der Waals surface area contributed by atoms with Crippen molar-refractivity contribution in [1.82, 2.24) is 0 Å². The molecule has 70 valence electrons. The van der Waals surface area contributed by atoms with E-state index in [9.17, 15) is 9.18 Å². The Morgan fingerprint density at radius 2 is 2.25 bits per heavy atom. The fourth-order valence-corrected chi connectivity index (χ4v) is 1.34. The average molecular weight is 175 g/mol. The van der Waals surface area contributed by atoms with Gasteiger partial charge in [-0.05, 0) is 18.8 Å². The number of alkyl halides is 1. The van der Waals surface area contributed by atoms with Crippen LogP contribution in [0.1, 0.15) is 25.7 Å². The molecular formula is C8H14FNO2. The minimum absolute atomic E-state index is 0.0417. The molecule has 0 spiro atoms. The summed E-state index contributed by atoms with van der Waals surface area (Å²) in [4.78, 5) is 10.3. The van der Waals surface area contributed by atoms with E-state index >= 15 is 0 Å². The summed E-state index contributed by atoms with van der Waals surface area (Å²) in [6.45, 7) is 0. The van der Waals surface area contributed by atoms with Gasteiger partial charge in [-0.3, -0.25) is 4.79 Å². The van der Waals surface area contributed by atoms with Crippen molar-refractivity contribution in [3.05, 3.63) is 0 Å². The Morgan fingerprint density at radius 3 is 2.58 bits per heavy atom. The summed E-state index contributed by atoms with van der Waals surface area (Å²) in [6.07, 6.45) is 1.76. The highest BCUT2D eigenvalue weighted by Crippen LogP contribution is 2.32. The van der Waals surface area contributed by atoms with Gasteiger partial charge in [-0.25, -0.2) is 4.39 Å². The van der Waals surface area contributed by atoms with Crippen LogP contribution in [0.2, 0.25) is 0 Å². The molecule has 4 heteroatoms. The van der Waals surface area contributed by atoms with Gasteiger partial charge in [0.05, 0.1) is 0 Å². The van der Waals surface area contributed by atoms with E-state index in [0.717, 1.165) is 19.3 Å². The second-order valence-electron chi connectivity index (χ2n) is 3.39. The zero-order chi connectivity index (χ0) is 9.14. The second-order valence-corrected chi connectivity index (χ2v) is 3.39. The first-order valence-electron chi connectivity index (χ1n) is 4.23. The SMILES string of the molecule is NC(CC(F)C1CCC1)C(=O)O. The number of carboxylic acids is 1. The third-order valence-electron chi connectivity index (χ3n) is 2.46. The standard InChI is InChI=1S/C8H14FNO2/c9-6(5-2-1-3-5)4-7(10)8(11)12/h5-7H,1-4,10H2,(H,11,12). The van der Waals surface area contributed by atoms with Gasteiger partial charge in [0.25, 0.3) is 0 Å². The van der Waals surface area contributed by atoms with Crippen LogP contribution in [0.4, 0.5) is 4.39 Å². The van der Waals surface area contributed by atoms with Crippen LogP contribution in [0, 0.1) is 5.92 Å². The molecule has 0 bridgehead atoms. The summed E-state index contributed by atoms with van der Waals surface area (Å²) in [7, 11) is 0. The molecule has 2 unspecified atom stereocenters. The molecule has 1 rings (SSSR count). The van der Waals surface area contributed by atoms with E-state index in [0.29, 0.717) is 0 Å². The predicted octanol–water partition coefficient (Wildman–Crippen LogP) is 0.927. The molecule has 0 radical (unpaired) electrons. The van der Waals surface area contributed by atoms with Crippen molar-refractivity contribution in [1.29, 1.82) is 0 Å². The Labute approximate surface area is 70.7 Å². The highest BCUT2D eigenvalue weighted by Gasteiger charge is 2.29. The molecule has 0 aromatic rings. The van der Waals surface area contributed by atoms with Gasteiger partial charge in [-0.2, -0.15) is 0 Å². The Balaban J connectivity index is 2.24. The number of hydrogen-bond donors (Lipinski definition) is 2. The largest absolute Gasteiger partial charge is 0.480 e. The molecule has 0 amide bonds. The highest BCUT2D eigenvalue weighted by molar-refractivity contribution is 5.73. The minimum atomic E-state index is -1.11. The fourth-order valence-electron chi connectivity index (χ4n) is 1.34. The highest BCUT2D eigenvalue weighted by atomic mass is 19.1. The van der Waals surface area contributed by atoms with E-state index in [1.54, 1.807) is 0 Å². The molecule has 1 aliphatic rings. The van der Waals surface area contributed by atoms with Crippen molar-refractivity contribution in [3.8, 4) is 0 Å². The second kappa shape index (κ2) is 3.85. The molecule has 1 fully saturated rings. The molecular weight excluding hydrogens is 161 g/mol. The van der Waals surface area contributed by atoms with Gasteiger partial charge >= 0.3 is 5.97 Å². The number of hydrogen-bond acceptors (Lipinski definition) is 2. The topological polar surface area (TPSA) is 63.3 Å². The molecule has 0 saturated heterocycles. The first-order valence-corrected chi connectivity index (χ1v) is 4.23. The summed E-state index contributed by atoms with van der Waals surface area (Å²) in [5, 5.41) is 8.41. The van der Waals surface area contributed by atoms with E-state index in [4.69, 9.17) is 10.8 Å². The van der Waals surface area contributed by atoms with Crippen LogP contribution < -0.4 is 5.73 Å². The fraction of sp³-hybridized carbons (Fsp3) is 0.875. The smallest absolute Gasteiger partial charge is 0.320 e. The van der Waals surface area contributed by atoms with Crippen molar-refractivity contribution < 1.29 is 14.3 Å². The molecule has 0 aromatic carbocycles. The third kappa shape index (κ3) is 2.17. The van der Waals surface area contributed by atoms with E-state index in [1.165, 1.54) is 0 Å². The van der Waals surface area contributed by atoms with Crippen LogP contribution in [0.15, 0.2) is 0 Å². The maximum absolute atomic E-state index is 13.1. The number of carbonyl (C=O) groups is 1. The van der Waals surface area contributed by atoms with Crippen molar-refractivity contribution in [2.75, 3.05) is 0 Å². The number of rotatable bonds is 4. The summed E-state index contributed by atoms with van der Waals surface area (Å²) >= 11 is 0. The Bertz CT molecular complexity index is 170. The molecule has 3 nitrogen and oxygen atoms in total. The van der Waals surface area contributed by atoms with E-state index in [1.807, 2.05) is 0 Å². The Hall–Kier alpha value is -0.640. The molecule has 1 aliphatic carbocycles. The van der Waals surface area contributed by atoms with Crippen molar-refractivity contribution >= 4 is 5.97 Å². The van der Waals surface area contributed by atoms with Crippen LogP contribution in [-0.4, -0.2) is 23.3 Å². The maximum atomic E-state index is 13.1. The zero-order valence-electron chi connectivity index (χ0n) is 6.87. The summed E-state index contributed by atoms with van der Waals surface area (Å²) < 4.78 is 13.1. The van der Waals surface area contributed by atoms with Gasteiger partial charge in [-0.1, -0.05) is 6.42 Å². The van der Waals surface area contributed by atoms with Crippen molar-refractivity contribution in [2.24, 2.45) is 11.7 Å². The van der Waals surface area contributed by atoms with Gasteiger partial charge in [0.1, 0.15) is 12.2 Å². The van der Waals surface area contributed by atoms with Crippen LogP contribution >= 0.6 is 0 Å². The van der Waals surface area contributed by atoms with Gasteiger partial charge in [-0.15, -0.1) is 0 Å². The van der Waals surface area contributed by atoms with Gasteiger partial charge in [0.2, 0.25) is 0 Å². The van der Waals surface area contributed by atoms with Crippen LogP contribution in [0.5, 0.6) is 0 Å².